The van der Waals surface area contributed by atoms with E-state index in [0.29, 0.717) is 11.3 Å². The molecular formula is C24H29N3O3S. The van der Waals surface area contributed by atoms with Gasteiger partial charge in [-0.2, -0.15) is 0 Å². The van der Waals surface area contributed by atoms with E-state index in [2.05, 4.69) is 50.6 Å². The number of ether oxygens (including phenoxy) is 1. The smallest absolute Gasteiger partial charge is 0.265 e. The second kappa shape index (κ2) is 8.67. The first-order valence-electron chi connectivity index (χ1n) is 10.3. The van der Waals surface area contributed by atoms with Gasteiger partial charge in [0, 0.05) is 36.0 Å². The molecule has 1 fully saturated rings. The first-order chi connectivity index (χ1) is 14.6. The number of rotatable bonds is 6. The first kappa shape index (κ1) is 22.7. The fourth-order valence-electron chi connectivity index (χ4n) is 4.19. The van der Waals surface area contributed by atoms with Gasteiger partial charge < -0.3 is 9.64 Å². The minimum absolute atomic E-state index is 0.0110. The van der Waals surface area contributed by atoms with Crippen molar-refractivity contribution in [3.8, 4) is 5.75 Å². The van der Waals surface area contributed by atoms with E-state index >= 15 is 0 Å². The highest BCUT2D eigenvalue weighted by molar-refractivity contribution is 7.80. The molecule has 7 heteroatoms. The normalized spacial score (nSPS) is 19.2. The molecule has 0 aliphatic carbocycles. The molecule has 2 aliphatic rings. The van der Waals surface area contributed by atoms with E-state index < -0.39 is 11.8 Å². The van der Waals surface area contributed by atoms with Crippen molar-refractivity contribution in [1.29, 1.82) is 0 Å². The third-order valence-corrected chi connectivity index (χ3v) is 5.90. The number of hydrogen-bond acceptors (Lipinski definition) is 5. The van der Waals surface area contributed by atoms with Crippen LogP contribution in [0.2, 0.25) is 0 Å². The number of amides is 2. The standard InChI is InChI=1S/C24H29N3O3S/c1-7-9-26-22(29)18(21(28)25-23(26)31)12-16-11-17-15(3)14-24(4,5)27(10-8-2)19(17)13-20(16)30-6/h7,11-14H,1,8-10H2,2-6H3,(H,25,28,31)/b18-12+. The summed E-state index contributed by atoms with van der Waals surface area (Å²) < 4.78 is 5.66. The van der Waals surface area contributed by atoms with E-state index in [9.17, 15) is 9.59 Å². The van der Waals surface area contributed by atoms with Crippen molar-refractivity contribution in [2.45, 2.75) is 39.7 Å². The van der Waals surface area contributed by atoms with Gasteiger partial charge in [0.2, 0.25) is 0 Å². The molecule has 0 saturated carbocycles. The zero-order chi connectivity index (χ0) is 22.9. The van der Waals surface area contributed by atoms with Crippen LogP contribution in [0.3, 0.4) is 0 Å². The van der Waals surface area contributed by atoms with Crippen LogP contribution >= 0.6 is 12.2 Å². The number of hydrogen-bond donors (Lipinski definition) is 1. The van der Waals surface area contributed by atoms with Crippen molar-refractivity contribution in [2.75, 3.05) is 25.1 Å². The number of allylic oxidation sites excluding steroid dienone is 1. The average Bonchev–Trinajstić information content (AvgIpc) is 2.70. The number of anilines is 1. The van der Waals surface area contributed by atoms with Crippen molar-refractivity contribution < 1.29 is 14.3 Å². The third-order valence-electron chi connectivity index (χ3n) is 5.57. The van der Waals surface area contributed by atoms with Crippen LogP contribution in [0.5, 0.6) is 5.75 Å². The number of methoxy groups -OCH3 is 1. The summed E-state index contributed by atoms with van der Waals surface area (Å²) in [6, 6.07) is 3.98. The average molecular weight is 440 g/mol. The molecule has 0 unspecified atom stereocenters. The summed E-state index contributed by atoms with van der Waals surface area (Å²) >= 11 is 5.13. The van der Waals surface area contributed by atoms with Gasteiger partial charge in [0.25, 0.3) is 11.8 Å². The lowest BCUT2D eigenvalue weighted by atomic mass is 9.87. The molecule has 0 aromatic heterocycles. The van der Waals surface area contributed by atoms with Crippen LogP contribution < -0.4 is 15.0 Å². The summed E-state index contributed by atoms with van der Waals surface area (Å²) in [5.74, 6) is -0.368. The number of carbonyl (C=O) groups is 2. The zero-order valence-corrected chi connectivity index (χ0v) is 19.6. The number of carbonyl (C=O) groups excluding carboxylic acids is 2. The summed E-state index contributed by atoms with van der Waals surface area (Å²) in [7, 11) is 1.59. The summed E-state index contributed by atoms with van der Waals surface area (Å²) in [5.41, 5.74) is 3.83. The minimum atomic E-state index is -0.518. The van der Waals surface area contributed by atoms with E-state index in [1.807, 2.05) is 12.1 Å². The van der Waals surface area contributed by atoms with Gasteiger partial charge in [-0.25, -0.2) is 0 Å². The summed E-state index contributed by atoms with van der Waals surface area (Å²) in [6.07, 6.45) is 6.40. The van der Waals surface area contributed by atoms with E-state index in [1.165, 1.54) is 4.90 Å². The molecule has 1 aromatic rings. The summed E-state index contributed by atoms with van der Waals surface area (Å²) in [6.45, 7) is 13.4. The molecule has 0 atom stereocenters. The number of benzene rings is 1. The molecule has 164 valence electrons. The van der Waals surface area contributed by atoms with Crippen molar-refractivity contribution in [2.24, 2.45) is 0 Å². The molecule has 0 radical (unpaired) electrons. The predicted octanol–water partition coefficient (Wildman–Crippen LogP) is 3.92. The first-order valence-corrected chi connectivity index (χ1v) is 10.7. The van der Waals surface area contributed by atoms with Gasteiger partial charge in [-0.05, 0) is 57.1 Å². The predicted molar refractivity (Wildman–Crippen MR) is 129 cm³/mol. The van der Waals surface area contributed by atoms with E-state index in [4.69, 9.17) is 17.0 Å². The van der Waals surface area contributed by atoms with Crippen molar-refractivity contribution in [3.05, 3.63) is 47.6 Å². The maximum Gasteiger partial charge on any atom is 0.265 e. The van der Waals surface area contributed by atoms with Crippen LogP contribution in [-0.2, 0) is 9.59 Å². The van der Waals surface area contributed by atoms with Crippen molar-refractivity contribution >= 4 is 46.5 Å². The van der Waals surface area contributed by atoms with Crippen LogP contribution in [0.4, 0.5) is 5.69 Å². The van der Waals surface area contributed by atoms with Crippen molar-refractivity contribution in [1.82, 2.24) is 10.2 Å². The molecule has 31 heavy (non-hydrogen) atoms. The number of nitrogens with one attached hydrogen (secondary N) is 1. The Morgan fingerprint density at radius 1 is 1.29 bits per heavy atom. The molecule has 0 spiro atoms. The highest BCUT2D eigenvalue weighted by Crippen LogP contribution is 2.42. The Labute approximate surface area is 189 Å². The number of nitrogens with zero attached hydrogens (tertiary/aromatic N) is 2. The Kier molecular flexibility index (Phi) is 6.36. The van der Waals surface area contributed by atoms with Gasteiger partial charge in [0.1, 0.15) is 11.3 Å². The molecular weight excluding hydrogens is 410 g/mol. The Morgan fingerprint density at radius 2 is 2.00 bits per heavy atom. The van der Waals surface area contributed by atoms with Crippen LogP contribution in [0.15, 0.2) is 36.4 Å². The maximum absolute atomic E-state index is 12.9. The molecule has 1 saturated heterocycles. The largest absolute Gasteiger partial charge is 0.496 e. The Balaban J connectivity index is 2.14. The SMILES string of the molecule is C=CCN1C(=O)/C(=C/c2cc3c(cc2OC)N(CCC)C(C)(C)C=C3C)C(=O)NC1=S. The van der Waals surface area contributed by atoms with Gasteiger partial charge >= 0.3 is 0 Å². The molecule has 1 aromatic carbocycles. The molecule has 2 heterocycles. The van der Waals surface area contributed by atoms with Gasteiger partial charge in [-0.1, -0.05) is 19.1 Å². The molecule has 6 nitrogen and oxygen atoms in total. The highest BCUT2D eigenvalue weighted by Gasteiger charge is 2.34. The molecule has 2 aliphatic heterocycles. The fraction of sp³-hybridized carbons (Fsp3) is 0.375. The fourth-order valence-corrected chi connectivity index (χ4v) is 4.44. The quantitative estimate of drug-likeness (QED) is 0.315. The lowest BCUT2D eigenvalue weighted by Crippen LogP contribution is -2.53. The highest BCUT2D eigenvalue weighted by atomic mass is 32.1. The topological polar surface area (TPSA) is 61.9 Å². The number of fused-ring (bicyclic) bond motifs is 1. The van der Waals surface area contributed by atoms with Crippen LogP contribution in [0.25, 0.3) is 11.6 Å². The molecule has 0 bridgehead atoms. The summed E-state index contributed by atoms with van der Waals surface area (Å²) in [5, 5.41) is 2.66. The molecule has 1 N–H and O–H groups in total. The van der Waals surface area contributed by atoms with Gasteiger partial charge in [-0.15, -0.1) is 6.58 Å². The summed E-state index contributed by atoms with van der Waals surface area (Å²) in [4.78, 5) is 29.1. The maximum atomic E-state index is 12.9. The van der Waals surface area contributed by atoms with E-state index in [1.54, 1.807) is 19.3 Å². The van der Waals surface area contributed by atoms with Crippen molar-refractivity contribution in [3.63, 3.8) is 0 Å². The zero-order valence-electron chi connectivity index (χ0n) is 18.7. The monoisotopic (exact) mass is 439 g/mol. The lowest BCUT2D eigenvalue weighted by molar-refractivity contribution is -0.128. The van der Waals surface area contributed by atoms with Crippen LogP contribution in [0, 0.1) is 0 Å². The van der Waals surface area contributed by atoms with Gasteiger partial charge in [0.05, 0.1) is 12.6 Å². The van der Waals surface area contributed by atoms with Crippen LogP contribution in [-0.4, -0.2) is 47.6 Å². The van der Waals surface area contributed by atoms with Crippen LogP contribution in [0.1, 0.15) is 45.2 Å². The second-order valence-electron chi connectivity index (χ2n) is 8.27. The Hall–Kier alpha value is -2.93. The lowest BCUT2D eigenvalue weighted by Gasteiger charge is -2.43. The second-order valence-corrected chi connectivity index (χ2v) is 8.65. The number of thiocarbonyl (C=S) groups is 1. The minimum Gasteiger partial charge on any atom is -0.496 e. The Morgan fingerprint density at radius 3 is 2.61 bits per heavy atom. The van der Waals surface area contributed by atoms with Gasteiger partial charge in [0.15, 0.2) is 5.11 Å². The van der Waals surface area contributed by atoms with E-state index in [-0.39, 0.29) is 22.8 Å². The molecule has 2 amide bonds. The van der Waals surface area contributed by atoms with E-state index in [0.717, 1.165) is 29.8 Å². The Bertz CT molecular complexity index is 1020. The molecule has 3 rings (SSSR count). The third kappa shape index (κ3) is 4.14. The van der Waals surface area contributed by atoms with Gasteiger partial charge in [-0.3, -0.25) is 19.8 Å².